The predicted octanol–water partition coefficient (Wildman–Crippen LogP) is 2.38. The summed E-state index contributed by atoms with van der Waals surface area (Å²) in [5.74, 6) is 3.34. The summed E-state index contributed by atoms with van der Waals surface area (Å²) in [6.45, 7) is 4.27. The van der Waals surface area contributed by atoms with Gasteiger partial charge in [-0.15, -0.1) is 11.8 Å². The van der Waals surface area contributed by atoms with Crippen LogP contribution in [0.25, 0.3) is 0 Å². The largest absolute Gasteiger partial charge is 0.352 e. The maximum Gasteiger partial charge on any atom is 0.243 e. The molecule has 2 aliphatic carbocycles. The lowest BCUT2D eigenvalue weighted by Gasteiger charge is -2.32. The molecule has 4 nitrogen and oxygen atoms in total. The smallest absolute Gasteiger partial charge is 0.243 e. The van der Waals surface area contributed by atoms with Gasteiger partial charge in [-0.25, -0.2) is 0 Å². The Morgan fingerprint density at radius 2 is 2.23 bits per heavy atom. The Labute approximate surface area is 136 Å². The van der Waals surface area contributed by atoms with E-state index in [0.717, 1.165) is 24.0 Å². The van der Waals surface area contributed by atoms with Crippen molar-refractivity contribution in [3.05, 3.63) is 0 Å². The number of amides is 2. The van der Waals surface area contributed by atoms with Crippen LogP contribution in [-0.4, -0.2) is 39.4 Å². The SMILES string of the molecule is C[C@H](NC(=O)[C@@H]1CS[C@]2(C)CCC(=O)N12)[C@H]1C[C@H]2CC[C@H]1C2. The van der Waals surface area contributed by atoms with E-state index in [1.54, 1.807) is 11.8 Å². The highest BCUT2D eigenvalue weighted by molar-refractivity contribution is 8.01. The summed E-state index contributed by atoms with van der Waals surface area (Å²) in [4.78, 5) is 26.6. The van der Waals surface area contributed by atoms with Gasteiger partial charge < -0.3 is 10.2 Å². The number of nitrogens with zero attached hydrogens (tertiary/aromatic N) is 1. The van der Waals surface area contributed by atoms with Crippen LogP contribution in [0.2, 0.25) is 0 Å². The van der Waals surface area contributed by atoms with Gasteiger partial charge in [-0.3, -0.25) is 9.59 Å². The Morgan fingerprint density at radius 3 is 2.91 bits per heavy atom. The van der Waals surface area contributed by atoms with Crippen LogP contribution in [0, 0.1) is 17.8 Å². The molecule has 122 valence electrons. The summed E-state index contributed by atoms with van der Waals surface area (Å²) in [7, 11) is 0. The molecule has 0 aromatic heterocycles. The average Bonchev–Trinajstić information content (AvgIpc) is 3.21. The third-order valence-corrected chi connectivity index (χ3v) is 8.06. The molecule has 0 aromatic rings. The van der Waals surface area contributed by atoms with Crippen LogP contribution < -0.4 is 5.32 Å². The van der Waals surface area contributed by atoms with E-state index in [4.69, 9.17) is 0 Å². The zero-order chi connectivity index (χ0) is 15.5. The second-order valence-corrected chi connectivity index (χ2v) is 9.40. The van der Waals surface area contributed by atoms with Crippen LogP contribution in [0.5, 0.6) is 0 Å². The Bertz CT molecular complexity index is 511. The molecule has 2 saturated carbocycles. The van der Waals surface area contributed by atoms with Gasteiger partial charge in [0.15, 0.2) is 0 Å². The molecule has 2 bridgehead atoms. The topological polar surface area (TPSA) is 49.4 Å². The van der Waals surface area contributed by atoms with Crippen molar-refractivity contribution in [1.82, 2.24) is 10.2 Å². The predicted molar refractivity (Wildman–Crippen MR) is 87.3 cm³/mol. The fraction of sp³-hybridized carbons (Fsp3) is 0.882. The molecule has 6 atom stereocenters. The number of thioether (sulfide) groups is 1. The molecule has 4 fully saturated rings. The molecule has 2 heterocycles. The zero-order valence-corrected chi connectivity index (χ0v) is 14.3. The lowest BCUT2D eigenvalue weighted by atomic mass is 9.84. The number of carbonyl (C=O) groups excluding carboxylic acids is 2. The van der Waals surface area contributed by atoms with Crippen LogP contribution in [-0.2, 0) is 9.59 Å². The third-order valence-electron chi connectivity index (χ3n) is 6.55. The van der Waals surface area contributed by atoms with E-state index in [2.05, 4.69) is 19.2 Å². The minimum absolute atomic E-state index is 0.0711. The van der Waals surface area contributed by atoms with E-state index in [1.165, 1.54) is 25.7 Å². The standard InChI is InChI=1S/C17H26N2O2S/c1-10(13-8-11-3-4-12(13)7-11)18-16(21)14-9-22-17(2)6-5-15(20)19(14)17/h10-14H,3-9H2,1-2H3,(H,18,21)/t10-,11-,12-,13+,14-,17+/m0/s1. The summed E-state index contributed by atoms with van der Waals surface area (Å²) in [6, 6.07) is -0.0107. The molecule has 2 saturated heterocycles. The van der Waals surface area contributed by atoms with Gasteiger partial charge in [0.05, 0.1) is 4.87 Å². The van der Waals surface area contributed by atoms with E-state index in [9.17, 15) is 9.59 Å². The van der Waals surface area contributed by atoms with E-state index in [1.807, 2.05) is 4.90 Å². The maximum absolute atomic E-state index is 12.7. The summed E-state index contributed by atoms with van der Waals surface area (Å²) in [5.41, 5.74) is 0. The number of nitrogens with one attached hydrogen (secondary N) is 1. The molecule has 4 rings (SSSR count). The molecular formula is C17H26N2O2S. The number of hydrogen-bond donors (Lipinski definition) is 1. The fourth-order valence-corrected chi connectivity index (χ4v) is 6.78. The van der Waals surface area contributed by atoms with Crippen LogP contribution in [0.15, 0.2) is 0 Å². The molecule has 0 spiro atoms. The minimum atomic E-state index is -0.258. The Hall–Kier alpha value is -0.710. The van der Waals surface area contributed by atoms with Gasteiger partial charge in [-0.1, -0.05) is 6.42 Å². The normalized spacial score (nSPS) is 44.5. The van der Waals surface area contributed by atoms with Crippen LogP contribution in [0.1, 0.15) is 52.4 Å². The molecule has 4 aliphatic rings. The Morgan fingerprint density at radius 1 is 1.41 bits per heavy atom. The zero-order valence-electron chi connectivity index (χ0n) is 13.5. The van der Waals surface area contributed by atoms with E-state index >= 15 is 0 Å². The van der Waals surface area contributed by atoms with Crippen molar-refractivity contribution in [2.45, 2.75) is 69.3 Å². The summed E-state index contributed by atoms with van der Waals surface area (Å²) < 4.78 is 0. The summed E-state index contributed by atoms with van der Waals surface area (Å²) >= 11 is 1.77. The second kappa shape index (κ2) is 5.15. The van der Waals surface area contributed by atoms with Gasteiger partial charge >= 0.3 is 0 Å². The summed E-state index contributed by atoms with van der Waals surface area (Å²) in [6.07, 6.45) is 6.86. The van der Waals surface area contributed by atoms with Gasteiger partial charge in [0, 0.05) is 18.2 Å². The molecule has 0 aromatic carbocycles. The van der Waals surface area contributed by atoms with Gasteiger partial charge in [0.2, 0.25) is 11.8 Å². The van der Waals surface area contributed by atoms with Gasteiger partial charge in [-0.2, -0.15) is 0 Å². The van der Waals surface area contributed by atoms with Crippen molar-refractivity contribution in [2.75, 3.05) is 5.75 Å². The fourth-order valence-electron chi connectivity index (χ4n) is 5.35. The first kappa shape index (κ1) is 14.9. The molecular weight excluding hydrogens is 296 g/mol. The van der Waals surface area contributed by atoms with Crippen molar-refractivity contribution in [3.8, 4) is 0 Å². The monoisotopic (exact) mass is 322 g/mol. The highest BCUT2D eigenvalue weighted by atomic mass is 32.2. The van der Waals surface area contributed by atoms with Crippen molar-refractivity contribution >= 4 is 23.6 Å². The van der Waals surface area contributed by atoms with Crippen molar-refractivity contribution in [1.29, 1.82) is 0 Å². The number of rotatable bonds is 3. The van der Waals surface area contributed by atoms with Crippen molar-refractivity contribution in [2.24, 2.45) is 17.8 Å². The van der Waals surface area contributed by atoms with E-state index in [-0.39, 0.29) is 28.8 Å². The number of fused-ring (bicyclic) bond motifs is 3. The Kier molecular flexibility index (Phi) is 3.48. The molecule has 5 heteroatoms. The molecule has 0 radical (unpaired) electrons. The number of hydrogen-bond acceptors (Lipinski definition) is 3. The Balaban J connectivity index is 1.41. The highest BCUT2D eigenvalue weighted by Gasteiger charge is 2.53. The van der Waals surface area contributed by atoms with Crippen LogP contribution in [0.3, 0.4) is 0 Å². The van der Waals surface area contributed by atoms with Gasteiger partial charge in [0.25, 0.3) is 0 Å². The molecule has 2 amide bonds. The summed E-state index contributed by atoms with van der Waals surface area (Å²) in [5, 5.41) is 3.25. The first-order valence-corrected chi connectivity index (χ1v) is 9.73. The number of carbonyl (C=O) groups is 2. The van der Waals surface area contributed by atoms with E-state index in [0.29, 0.717) is 12.3 Å². The first-order chi connectivity index (χ1) is 10.5. The second-order valence-electron chi connectivity index (χ2n) is 7.90. The van der Waals surface area contributed by atoms with Gasteiger partial charge in [0.1, 0.15) is 6.04 Å². The first-order valence-electron chi connectivity index (χ1n) is 8.74. The highest BCUT2D eigenvalue weighted by Crippen LogP contribution is 2.50. The molecule has 2 aliphatic heterocycles. The van der Waals surface area contributed by atoms with Crippen LogP contribution in [0.4, 0.5) is 0 Å². The lowest BCUT2D eigenvalue weighted by Crippen LogP contribution is -2.53. The maximum atomic E-state index is 12.7. The van der Waals surface area contributed by atoms with Crippen molar-refractivity contribution < 1.29 is 9.59 Å². The quantitative estimate of drug-likeness (QED) is 0.868. The van der Waals surface area contributed by atoms with Crippen molar-refractivity contribution in [3.63, 3.8) is 0 Å². The third kappa shape index (κ3) is 2.19. The average molecular weight is 322 g/mol. The van der Waals surface area contributed by atoms with Crippen LogP contribution >= 0.6 is 11.8 Å². The molecule has 0 unspecified atom stereocenters. The molecule has 1 N–H and O–H groups in total. The molecule has 22 heavy (non-hydrogen) atoms. The van der Waals surface area contributed by atoms with Gasteiger partial charge in [-0.05, 0) is 57.3 Å². The minimum Gasteiger partial charge on any atom is -0.352 e. The lowest BCUT2D eigenvalue weighted by molar-refractivity contribution is -0.138. The van der Waals surface area contributed by atoms with E-state index < -0.39 is 0 Å².